The van der Waals surface area contributed by atoms with E-state index in [1.165, 1.54) is 0 Å². The van der Waals surface area contributed by atoms with Crippen molar-refractivity contribution in [2.24, 2.45) is 0 Å². The Morgan fingerprint density at radius 2 is 1.92 bits per heavy atom. The van der Waals surface area contributed by atoms with E-state index in [2.05, 4.69) is 26.5 Å². The van der Waals surface area contributed by atoms with Crippen LogP contribution in [0.25, 0.3) is 10.9 Å². The van der Waals surface area contributed by atoms with E-state index in [-0.39, 0.29) is 11.9 Å². The number of nitrogens with zero attached hydrogens (tertiary/aromatic N) is 2. The number of amides is 1. The lowest BCUT2D eigenvalue weighted by molar-refractivity contribution is 0.0943. The number of hydrogen-bond acceptors (Lipinski definition) is 4. The molecule has 2 aromatic carbocycles. The number of carbonyl (C=O) groups is 1. The summed E-state index contributed by atoms with van der Waals surface area (Å²) in [5, 5.41) is 6.89. The first-order valence-corrected chi connectivity index (χ1v) is 7.96. The molecule has 0 unspecified atom stereocenters. The smallest absolute Gasteiger partial charge is 0.251 e. The van der Waals surface area contributed by atoms with Crippen molar-refractivity contribution in [2.75, 3.05) is 5.32 Å². The van der Waals surface area contributed by atoms with Crippen LogP contribution in [-0.2, 0) is 0 Å². The van der Waals surface area contributed by atoms with Crippen LogP contribution in [0.1, 0.15) is 29.8 Å². The van der Waals surface area contributed by atoms with E-state index in [9.17, 15) is 4.79 Å². The molecular weight excluding hydrogens is 312 g/mol. The van der Waals surface area contributed by atoms with E-state index in [1.54, 1.807) is 18.3 Å². The summed E-state index contributed by atoms with van der Waals surface area (Å²) in [5.41, 5.74) is 3.03. The molecule has 0 radical (unpaired) electrons. The standard InChI is InChI=1S/C20H18N4O/c1-4-14-5-10-18-16(11-14)12-21-20(24-18)23-17-8-6-15(7-9-17)19(25)22-13(2)3/h1,5-13H,2-3H3,(H,22,25)(H,21,23,24). The Morgan fingerprint density at radius 1 is 1.16 bits per heavy atom. The van der Waals surface area contributed by atoms with Crippen LogP contribution in [0.4, 0.5) is 11.6 Å². The molecule has 1 aromatic heterocycles. The van der Waals surface area contributed by atoms with Crippen LogP contribution in [0.3, 0.4) is 0 Å². The first kappa shape index (κ1) is 16.5. The molecule has 25 heavy (non-hydrogen) atoms. The van der Waals surface area contributed by atoms with Gasteiger partial charge in [0.15, 0.2) is 0 Å². The minimum Gasteiger partial charge on any atom is -0.350 e. The molecule has 0 bridgehead atoms. The normalized spacial score (nSPS) is 10.5. The van der Waals surface area contributed by atoms with Gasteiger partial charge in [-0.25, -0.2) is 9.97 Å². The summed E-state index contributed by atoms with van der Waals surface area (Å²) in [7, 11) is 0. The molecule has 2 N–H and O–H groups in total. The fraction of sp³-hybridized carbons (Fsp3) is 0.150. The zero-order valence-corrected chi connectivity index (χ0v) is 14.1. The van der Waals surface area contributed by atoms with Gasteiger partial charge in [-0.2, -0.15) is 0 Å². The van der Waals surface area contributed by atoms with E-state index in [0.29, 0.717) is 11.5 Å². The van der Waals surface area contributed by atoms with Crippen LogP contribution in [0, 0.1) is 12.3 Å². The Morgan fingerprint density at radius 3 is 2.60 bits per heavy atom. The number of anilines is 2. The predicted molar refractivity (Wildman–Crippen MR) is 99.8 cm³/mol. The van der Waals surface area contributed by atoms with Gasteiger partial charge in [0.2, 0.25) is 5.95 Å². The van der Waals surface area contributed by atoms with Crippen molar-refractivity contribution in [3.63, 3.8) is 0 Å². The number of aromatic nitrogens is 2. The fourth-order valence-electron chi connectivity index (χ4n) is 2.36. The van der Waals surface area contributed by atoms with Gasteiger partial charge in [-0.05, 0) is 56.3 Å². The van der Waals surface area contributed by atoms with Crippen LogP contribution < -0.4 is 10.6 Å². The average Bonchev–Trinajstić information content (AvgIpc) is 2.61. The van der Waals surface area contributed by atoms with Gasteiger partial charge in [-0.1, -0.05) is 5.92 Å². The third-order valence-electron chi connectivity index (χ3n) is 3.57. The number of benzene rings is 2. The number of fused-ring (bicyclic) bond motifs is 1. The Labute approximate surface area is 146 Å². The van der Waals surface area contributed by atoms with Crippen molar-refractivity contribution in [1.82, 2.24) is 15.3 Å². The fourth-order valence-corrected chi connectivity index (χ4v) is 2.36. The number of hydrogen-bond donors (Lipinski definition) is 2. The van der Waals surface area contributed by atoms with Gasteiger partial charge in [-0.15, -0.1) is 6.42 Å². The van der Waals surface area contributed by atoms with Gasteiger partial charge in [0.25, 0.3) is 5.91 Å². The third kappa shape index (κ3) is 3.93. The number of carbonyl (C=O) groups excluding carboxylic acids is 1. The van der Waals surface area contributed by atoms with Crippen LogP contribution >= 0.6 is 0 Å². The highest BCUT2D eigenvalue weighted by Gasteiger charge is 2.07. The molecule has 1 heterocycles. The maximum Gasteiger partial charge on any atom is 0.251 e. The number of nitrogens with one attached hydrogen (secondary N) is 2. The quantitative estimate of drug-likeness (QED) is 0.719. The maximum atomic E-state index is 12.0. The summed E-state index contributed by atoms with van der Waals surface area (Å²) in [4.78, 5) is 20.7. The van der Waals surface area contributed by atoms with Crippen molar-refractivity contribution in [3.8, 4) is 12.3 Å². The Kier molecular flexibility index (Phi) is 4.62. The highest BCUT2D eigenvalue weighted by molar-refractivity contribution is 5.94. The number of terminal acetylenes is 1. The molecule has 0 atom stereocenters. The lowest BCUT2D eigenvalue weighted by Gasteiger charge is -2.09. The zero-order chi connectivity index (χ0) is 17.8. The second kappa shape index (κ2) is 7.02. The van der Waals surface area contributed by atoms with Crippen molar-refractivity contribution in [2.45, 2.75) is 19.9 Å². The third-order valence-corrected chi connectivity index (χ3v) is 3.57. The summed E-state index contributed by atoms with van der Waals surface area (Å²) < 4.78 is 0. The van der Waals surface area contributed by atoms with Gasteiger partial charge in [0, 0.05) is 34.4 Å². The molecule has 0 spiro atoms. The highest BCUT2D eigenvalue weighted by Crippen LogP contribution is 2.18. The summed E-state index contributed by atoms with van der Waals surface area (Å²) in [6.45, 7) is 3.86. The molecule has 0 saturated heterocycles. The van der Waals surface area contributed by atoms with Crippen molar-refractivity contribution >= 4 is 28.4 Å². The van der Waals surface area contributed by atoms with Crippen molar-refractivity contribution in [3.05, 3.63) is 59.8 Å². The summed E-state index contributed by atoms with van der Waals surface area (Å²) in [6, 6.07) is 12.9. The lowest BCUT2D eigenvalue weighted by Crippen LogP contribution is -2.29. The lowest BCUT2D eigenvalue weighted by atomic mass is 10.1. The second-order valence-electron chi connectivity index (χ2n) is 5.94. The summed E-state index contributed by atoms with van der Waals surface area (Å²) in [5.74, 6) is 2.99. The predicted octanol–water partition coefficient (Wildman–Crippen LogP) is 3.49. The second-order valence-corrected chi connectivity index (χ2v) is 5.94. The highest BCUT2D eigenvalue weighted by atomic mass is 16.1. The Balaban J connectivity index is 1.77. The minimum absolute atomic E-state index is 0.0900. The molecule has 5 heteroatoms. The molecule has 3 aromatic rings. The van der Waals surface area contributed by atoms with Crippen LogP contribution in [0.15, 0.2) is 48.7 Å². The van der Waals surface area contributed by atoms with Gasteiger partial charge < -0.3 is 10.6 Å². The number of rotatable bonds is 4. The molecule has 0 fully saturated rings. The van der Waals surface area contributed by atoms with E-state index < -0.39 is 0 Å². The van der Waals surface area contributed by atoms with Gasteiger partial charge >= 0.3 is 0 Å². The maximum absolute atomic E-state index is 12.0. The average molecular weight is 330 g/mol. The molecule has 0 aliphatic heterocycles. The van der Waals surface area contributed by atoms with Crippen LogP contribution in [0.5, 0.6) is 0 Å². The first-order valence-electron chi connectivity index (χ1n) is 7.96. The van der Waals surface area contributed by atoms with Gasteiger partial charge in [-0.3, -0.25) is 4.79 Å². The SMILES string of the molecule is C#Cc1ccc2nc(Nc3ccc(C(=O)NC(C)C)cc3)ncc2c1. The molecule has 0 aliphatic carbocycles. The molecular formula is C20H18N4O. The van der Waals surface area contributed by atoms with Crippen LogP contribution in [-0.4, -0.2) is 21.9 Å². The van der Waals surface area contributed by atoms with Crippen LogP contribution in [0.2, 0.25) is 0 Å². The van der Waals surface area contributed by atoms with E-state index in [4.69, 9.17) is 6.42 Å². The van der Waals surface area contributed by atoms with Crippen molar-refractivity contribution < 1.29 is 4.79 Å². The zero-order valence-electron chi connectivity index (χ0n) is 14.1. The minimum atomic E-state index is -0.0900. The molecule has 5 nitrogen and oxygen atoms in total. The van der Waals surface area contributed by atoms with E-state index >= 15 is 0 Å². The molecule has 124 valence electrons. The largest absolute Gasteiger partial charge is 0.350 e. The summed E-state index contributed by atoms with van der Waals surface area (Å²) >= 11 is 0. The van der Waals surface area contributed by atoms with Gasteiger partial charge in [0.05, 0.1) is 5.52 Å². The monoisotopic (exact) mass is 330 g/mol. The van der Waals surface area contributed by atoms with Crippen molar-refractivity contribution in [1.29, 1.82) is 0 Å². The first-order chi connectivity index (χ1) is 12.0. The van der Waals surface area contributed by atoms with Gasteiger partial charge in [0.1, 0.15) is 0 Å². The summed E-state index contributed by atoms with van der Waals surface area (Å²) in [6.07, 6.45) is 7.13. The molecule has 0 saturated carbocycles. The topological polar surface area (TPSA) is 66.9 Å². The van der Waals surface area contributed by atoms with E-state index in [0.717, 1.165) is 22.2 Å². The Hall–Kier alpha value is -3.39. The molecule has 0 aliphatic rings. The Bertz CT molecular complexity index is 956. The molecule has 1 amide bonds. The van der Waals surface area contributed by atoms with E-state index in [1.807, 2.05) is 44.2 Å². The molecule has 3 rings (SSSR count).